The summed E-state index contributed by atoms with van der Waals surface area (Å²) in [5.74, 6) is -0.552. The van der Waals surface area contributed by atoms with Gasteiger partial charge in [-0.05, 0) is 54.5 Å². The highest BCUT2D eigenvalue weighted by atomic mass is 16.2. The van der Waals surface area contributed by atoms with Crippen LogP contribution < -0.4 is 22.1 Å². The Hall–Kier alpha value is -4.01. The van der Waals surface area contributed by atoms with Gasteiger partial charge in [-0.3, -0.25) is 14.4 Å². The Morgan fingerprint density at radius 3 is 1.80 bits per heavy atom. The molecule has 0 saturated heterocycles. The fourth-order valence-corrected chi connectivity index (χ4v) is 6.86. The molecule has 0 spiro atoms. The number of nitrogens with zero attached hydrogens (tertiary/aromatic N) is 1. The average molecular weight is 740 g/mol. The van der Waals surface area contributed by atoms with Crippen LogP contribution in [-0.2, 0) is 27.3 Å². The molecule has 0 aliphatic rings. The summed E-state index contributed by atoms with van der Waals surface area (Å²) in [4.78, 5) is 42.1. The van der Waals surface area contributed by atoms with E-state index in [4.69, 9.17) is 11.5 Å². The second kappa shape index (κ2) is 27.6. The van der Waals surface area contributed by atoms with Crippen LogP contribution in [0.15, 0.2) is 84.9 Å². The fraction of sp³-hybridized carbons (Fsp3) is 0.543. The lowest BCUT2D eigenvalue weighted by Crippen LogP contribution is -2.52. The molecule has 0 bridgehead atoms. The van der Waals surface area contributed by atoms with Crippen LogP contribution in [0.2, 0.25) is 0 Å². The highest BCUT2D eigenvalue weighted by Gasteiger charge is 2.25. The molecule has 3 amide bonds. The minimum absolute atomic E-state index is 0.0695. The van der Waals surface area contributed by atoms with E-state index in [2.05, 4.69) is 41.8 Å². The topological polar surface area (TPSA) is 131 Å². The van der Waals surface area contributed by atoms with E-state index in [-0.39, 0.29) is 30.8 Å². The first kappa shape index (κ1) is 44.4. The molecule has 3 rings (SSSR count). The molecule has 6 N–H and O–H groups in total. The first-order chi connectivity index (χ1) is 26.4. The molecule has 8 nitrogen and oxygen atoms in total. The summed E-state index contributed by atoms with van der Waals surface area (Å²) in [6.45, 7) is 3.31. The van der Waals surface area contributed by atoms with Crippen molar-refractivity contribution in [2.75, 3.05) is 19.6 Å². The van der Waals surface area contributed by atoms with Gasteiger partial charge in [0, 0.05) is 19.5 Å². The summed E-state index contributed by atoms with van der Waals surface area (Å²) < 4.78 is 0. The second-order valence-electron chi connectivity index (χ2n) is 14.9. The molecule has 0 unspecified atom stereocenters. The van der Waals surface area contributed by atoms with Gasteiger partial charge in [-0.15, -0.1) is 0 Å². The van der Waals surface area contributed by atoms with Gasteiger partial charge in [0.05, 0.1) is 18.6 Å². The maximum Gasteiger partial charge on any atom is 0.239 e. The molecule has 0 aromatic heterocycles. The van der Waals surface area contributed by atoms with Crippen LogP contribution in [0.4, 0.5) is 0 Å². The zero-order valence-electron chi connectivity index (χ0n) is 33.1. The predicted octanol–water partition coefficient (Wildman–Crippen LogP) is 8.46. The zero-order chi connectivity index (χ0) is 38.6. The fourth-order valence-electron chi connectivity index (χ4n) is 6.86. The third-order valence-corrected chi connectivity index (χ3v) is 10.2. The lowest BCUT2D eigenvalue weighted by molar-refractivity contribution is -0.137. The smallest absolute Gasteiger partial charge is 0.239 e. The van der Waals surface area contributed by atoms with Crippen LogP contribution in [0.5, 0.6) is 0 Å². The Labute approximate surface area is 326 Å². The summed E-state index contributed by atoms with van der Waals surface area (Å²) in [6, 6.07) is 27.1. The van der Waals surface area contributed by atoms with Crippen molar-refractivity contribution in [1.82, 2.24) is 15.5 Å². The SMILES string of the molecule is CCCCCCCCCCCCCCCC(=O)N(CC(=O)NCc1ccc(-c2ccccc2)cc1)C[C@H](Cc1ccccc1)NC(=O)[C@@H](N)CCCCN. The van der Waals surface area contributed by atoms with Crippen LogP contribution >= 0.6 is 0 Å². The lowest BCUT2D eigenvalue weighted by Gasteiger charge is -2.29. The standard InChI is InChI=1S/C46H69N5O3/c1-2-3-4-5-6-7-8-9-10-11-12-13-20-28-45(53)51(37-44(52)49-35-39-29-31-41(32-30-39)40-25-18-15-19-26-40)36-42(34-38-23-16-14-17-24-38)50-46(54)43(48)27-21-22-33-47/h14-19,23-26,29-32,42-43H,2-13,20-22,27-28,33-37,47-48H2,1H3,(H,49,52)(H,50,54)/t42-,43-/m0/s1. The average Bonchev–Trinajstić information content (AvgIpc) is 3.19. The monoisotopic (exact) mass is 740 g/mol. The van der Waals surface area contributed by atoms with Crippen LogP contribution in [0, 0.1) is 0 Å². The summed E-state index contributed by atoms with van der Waals surface area (Å²) in [7, 11) is 0. The molecular weight excluding hydrogens is 671 g/mol. The van der Waals surface area contributed by atoms with Crippen molar-refractivity contribution in [3.05, 3.63) is 96.1 Å². The highest BCUT2D eigenvalue weighted by Crippen LogP contribution is 2.19. The Morgan fingerprint density at radius 1 is 0.648 bits per heavy atom. The highest BCUT2D eigenvalue weighted by molar-refractivity contribution is 5.85. The van der Waals surface area contributed by atoms with Crippen LogP contribution in [0.25, 0.3) is 11.1 Å². The normalized spacial score (nSPS) is 12.2. The number of benzene rings is 3. The molecule has 0 radical (unpaired) electrons. The van der Waals surface area contributed by atoms with Crippen LogP contribution in [-0.4, -0.2) is 54.3 Å². The van der Waals surface area contributed by atoms with Gasteiger partial charge >= 0.3 is 0 Å². The molecule has 0 saturated carbocycles. The van der Waals surface area contributed by atoms with Crippen molar-refractivity contribution in [1.29, 1.82) is 0 Å². The predicted molar refractivity (Wildman–Crippen MR) is 224 cm³/mol. The number of nitrogens with one attached hydrogen (secondary N) is 2. The maximum absolute atomic E-state index is 13.8. The molecule has 3 aromatic rings. The number of nitrogens with two attached hydrogens (primary N) is 2. The zero-order valence-corrected chi connectivity index (χ0v) is 33.1. The Bertz CT molecular complexity index is 1430. The third-order valence-electron chi connectivity index (χ3n) is 10.2. The Balaban J connectivity index is 1.58. The first-order valence-electron chi connectivity index (χ1n) is 20.9. The van der Waals surface area contributed by atoms with E-state index in [0.29, 0.717) is 32.4 Å². The summed E-state index contributed by atoms with van der Waals surface area (Å²) in [6.07, 6.45) is 19.0. The van der Waals surface area contributed by atoms with Crippen molar-refractivity contribution in [3.63, 3.8) is 0 Å². The van der Waals surface area contributed by atoms with Gasteiger partial charge in [-0.2, -0.15) is 0 Å². The summed E-state index contributed by atoms with van der Waals surface area (Å²) in [5, 5.41) is 6.15. The van der Waals surface area contributed by atoms with E-state index < -0.39 is 12.1 Å². The van der Waals surface area contributed by atoms with Crippen LogP contribution in [0.3, 0.4) is 0 Å². The largest absolute Gasteiger partial charge is 0.350 e. The van der Waals surface area contributed by atoms with Gasteiger partial charge in [-0.1, -0.05) is 175 Å². The van der Waals surface area contributed by atoms with E-state index in [1.807, 2.05) is 60.7 Å². The van der Waals surface area contributed by atoms with Gasteiger partial charge in [0.2, 0.25) is 17.7 Å². The summed E-state index contributed by atoms with van der Waals surface area (Å²) in [5.41, 5.74) is 16.2. The number of carbonyl (C=O) groups is 3. The van der Waals surface area contributed by atoms with E-state index in [9.17, 15) is 14.4 Å². The summed E-state index contributed by atoms with van der Waals surface area (Å²) >= 11 is 0. The molecule has 54 heavy (non-hydrogen) atoms. The number of hydrogen-bond donors (Lipinski definition) is 4. The number of unbranched alkanes of at least 4 members (excludes halogenated alkanes) is 13. The molecule has 0 fully saturated rings. The molecule has 296 valence electrons. The van der Waals surface area contributed by atoms with Gasteiger partial charge in [0.25, 0.3) is 0 Å². The second-order valence-corrected chi connectivity index (χ2v) is 14.9. The van der Waals surface area contributed by atoms with Gasteiger partial charge in [0.1, 0.15) is 0 Å². The maximum atomic E-state index is 13.8. The van der Waals surface area contributed by atoms with Crippen LogP contribution in [0.1, 0.15) is 127 Å². The molecule has 0 aliphatic heterocycles. The van der Waals surface area contributed by atoms with Crippen molar-refractivity contribution >= 4 is 17.7 Å². The minimum Gasteiger partial charge on any atom is -0.350 e. The van der Waals surface area contributed by atoms with E-state index >= 15 is 0 Å². The van der Waals surface area contributed by atoms with Gasteiger partial charge < -0.3 is 27.0 Å². The van der Waals surface area contributed by atoms with Gasteiger partial charge in [0.15, 0.2) is 0 Å². The van der Waals surface area contributed by atoms with Gasteiger partial charge in [-0.25, -0.2) is 0 Å². The van der Waals surface area contributed by atoms with Crippen molar-refractivity contribution in [3.8, 4) is 11.1 Å². The van der Waals surface area contributed by atoms with Crippen molar-refractivity contribution in [2.45, 2.75) is 141 Å². The van der Waals surface area contributed by atoms with Crippen molar-refractivity contribution < 1.29 is 14.4 Å². The number of hydrogen-bond acceptors (Lipinski definition) is 5. The third kappa shape index (κ3) is 18.8. The molecule has 0 aliphatic carbocycles. The lowest BCUT2D eigenvalue weighted by atomic mass is 10.0. The Morgan fingerprint density at radius 2 is 1.20 bits per heavy atom. The number of amides is 3. The van der Waals surface area contributed by atoms with E-state index in [1.165, 1.54) is 64.2 Å². The van der Waals surface area contributed by atoms with Crippen molar-refractivity contribution in [2.24, 2.45) is 11.5 Å². The first-order valence-corrected chi connectivity index (χ1v) is 20.9. The number of carbonyl (C=O) groups excluding carboxylic acids is 3. The quantitative estimate of drug-likeness (QED) is 0.0531. The Kier molecular flexibility index (Phi) is 22.6. The minimum atomic E-state index is -0.665. The van der Waals surface area contributed by atoms with E-state index in [1.54, 1.807) is 4.90 Å². The number of rotatable bonds is 29. The molecule has 2 atom stereocenters. The molecule has 8 heteroatoms. The molecule has 3 aromatic carbocycles. The molecular formula is C46H69N5O3. The molecule has 0 heterocycles. The van der Waals surface area contributed by atoms with E-state index in [0.717, 1.165) is 54.4 Å².